The molecule has 5 rings (SSSR count). The number of aliphatic hydroxyl groups is 1. The van der Waals surface area contributed by atoms with Crippen LogP contribution in [0.15, 0.2) is 29.0 Å². The molecule has 0 saturated carbocycles. The SMILES string of the molecule is CC(C)(C)OC(=O)N1[C@@H]2CC[C@H]1C[C@@H](c1nc3c(-c4ccc(C(C)(C)O)nc4)cnn3c(N(COCC[Si](C)(C)C)COCC[Si](C)(C)C)c1Br)C2. The summed E-state index contributed by atoms with van der Waals surface area (Å²) in [5.41, 5.74) is 2.35. The number of amides is 1. The van der Waals surface area contributed by atoms with E-state index in [4.69, 9.17) is 24.3 Å². The fourth-order valence-corrected chi connectivity index (χ4v) is 9.26. The van der Waals surface area contributed by atoms with Crippen LogP contribution in [0.1, 0.15) is 77.6 Å². The third-order valence-corrected chi connectivity index (χ3v) is 14.0. The van der Waals surface area contributed by atoms with Gasteiger partial charge in [0, 0.05) is 64.7 Å². The Morgan fingerprint density at radius 3 is 2.00 bits per heavy atom. The van der Waals surface area contributed by atoms with Crippen LogP contribution >= 0.6 is 15.9 Å². The van der Waals surface area contributed by atoms with Crippen LogP contribution in [0, 0.1) is 0 Å². The number of ether oxygens (including phenoxy) is 3. The molecule has 288 valence electrons. The summed E-state index contributed by atoms with van der Waals surface area (Å²) >= 11 is 4.05. The number of hydrogen-bond donors (Lipinski definition) is 1. The molecule has 2 saturated heterocycles. The minimum absolute atomic E-state index is 0.0841. The molecule has 0 unspecified atom stereocenters. The molecule has 0 aliphatic carbocycles. The minimum atomic E-state index is -1.30. The number of hydrogen-bond acceptors (Lipinski definition) is 9. The van der Waals surface area contributed by atoms with Gasteiger partial charge in [-0.05, 0) is 94.4 Å². The molecule has 2 bridgehead atoms. The first-order chi connectivity index (χ1) is 24.1. The second-order valence-corrected chi connectivity index (χ2v) is 30.6. The lowest BCUT2D eigenvalue weighted by Gasteiger charge is -2.39. The van der Waals surface area contributed by atoms with E-state index in [9.17, 15) is 9.90 Å². The lowest BCUT2D eigenvalue weighted by atomic mass is 9.88. The van der Waals surface area contributed by atoms with Crippen LogP contribution < -0.4 is 4.90 Å². The fourth-order valence-electron chi connectivity index (χ4n) is 6.92. The van der Waals surface area contributed by atoms with Crippen molar-refractivity contribution in [3.05, 3.63) is 40.4 Å². The zero-order valence-electron chi connectivity index (χ0n) is 33.3. The predicted octanol–water partition coefficient (Wildman–Crippen LogP) is 8.86. The van der Waals surface area contributed by atoms with E-state index in [0.717, 1.165) is 64.9 Å². The molecule has 0 aromatic carbocycles. The van der Waals surface area contributed by atoms with Crippen molar-refractivity contribution in [2.45, 2.75) is 141 Å². The van der Waals surface area contributed by atoms with E-state index in [1.165, 1.54) is 0 Å². The third-order valence-electron chi connectivity index (χ3n) is 9.80. The van der Waals surface area contributed by atoms with Crippen molar-refractivity contribution in [2.75, 3.05) is 31.6 Å². The minimum Gasteiger partial charge on any atom is -0.444 e. The Bertz CT molecular complexity index is 1660. The van der Waals surface area contributed by atoms with Gasteiger partial charge in [0.05, 0.1) is 22.1 Å². The Balaban J connectivity index is 1.57. The molecule has 5 heterocycles. The Labute approximate surface area is 321 Å². The van der Waals surface area contributed by atoms with Crippen LogP contribution in [0.25, 0.3) is 16.8 Å². The van der Waals surface area contributed by atoms with Crippen LogP contribution in [0.3, 0.4) is 0 Å². The average molecular weight is 818 g/mol. The highest BCUT2D eigenvalue weighted by Crippen LogP contribution is 2.47. The topological polar surface area (TPSA) is 115 Å². The number of pyridine rings is 1. The Hall–Kier alpha value is -2.37. The number of halogens is 1. The van der Waals surface area contributed by atoms with Crippen molar-refractivity contribution >= 4 is 49.6 Å². The molecule has 0 spiro atoms. The molecule has 2 aliphatic rings. The largest absolute Gasteiger partial charge is 0.444 e. The summed E-state index contributed by atoms with van der Waals surface area (Å²) in [6.45, 7) is 25.4. The first-order valence-corrected chi connectivity index (χ1v) is 27.0. The van der Waals surface area contributed by atoms with Gasteiger partial charge in [-0.25, -0.2) is 9.78 Å². The van der Waals surface area contributed by atoms with Crippen molar-refractivity contribution in [3.8, 4) is 11.1 Å². The lowest BCUT2D eigenvalue weighted by molar-refractivity contribution is 0.00565. The normalized spacial score (nSPS) is 19.8. The lowest BCUT2D eigenvalue weighted by Crippen LogP contribution is -2.48. The monoisotopic (exact) mass is 816 g/mol. The molecule has 3 aromatic rings. The molecule has 2 aliphatic heterocycles. The molecular formula is C38H61BrN6O5Si2. The number of carbonyl (C=O) groups is 1. The number of rotatable bonds is 14. The van der Waals surface area contributed by atoms with Gasteiger partial charge in [-0.1, -0.05) is 45.3 Å². The number of aromatic nitrogens is 4. The second kappa shape index (κ2) is 15.8. The summed E-state index contributed by atoms with van der Waals surface area (Å²) in [4.78, 5) is 27.4. The van der Waals surface area contributed by atoms with Crippen LogP contribution in [-0.2, 0) is 19.8 Å². The summed E-state index contributed by atoms with van der Waals surface area (Å²) < 4.78 is 21.4. The van der Waals surface area contributed by atoms with Gasteiger partial charge in [0.1, 0.15) is 24.7 Å². The standard InChI is InChI=1S/C38H61BrN6O5Si2/c1-37(2,3)50-36(46)44-28-13-14-29(44)21-27(20-28)33-32(39)35(43(24-48-16-18-51(6,7)8)25-49-17-19-52(9,10)11)45-34(42-33)30(23-41-45)26-12-15-31(40-22-26)38(4,5)47/h12,15,22-23,27-29,47H,13-14,16-21,24-25H2,1-11H3/t27-,28+,29-. The van der Waals surface area contributed by atoms with Crippen LogP contribution in [0.4, 0.5) is 10.6 Å². The number of anilines is 1. The second-order valence-electron chi connectivity index (χ2n) is 18.6. The average Bonchev–Trinajstić information content (AvgIpc) is 3.55. The van der Waals surface area contributed by atoms with Gasteiger partial charge >= 0.3 is 6.09 Å². The molecule has 14 heteroatoms. The van der Waals surface area contributed by atoms with Gasteiger partial charge in [0.25, 0.3) is 0 Å². The summed E-state index contributed by atoms with van der Waals surface area (Å²) in [6.07, 6.45) is 6.89. The molecule has 11 nitrogen and oxygen atoms in total. The van der Waals surface area contributed by atoms with Crippen molar-refractivity contribution in [3.63, 3.8) is 0 Å². The van der Waals surface area contributed by atoms with Gasteiger partial charge in [0.15, 0.2) is 11.5 Å². The number of nitrogens with zero attached hydrogens (tertiary/aromatic N) is 6. The summed E-state index contributed by atoms with van der Waals surface area (Å²) in [7, 11) is -2.59. The van der Waals surface area contributed by atoms with E-state index in [1.54, 1.807) is 20.0 Å². The summed E-state index contributed by atoms with van der Waals surface area (Å²) in [5, 5.41) is 15.5. The Morgan fingerprint density at radius 1 is 0.942 bits per heavy atom. The molecule has 0 radical (unpaired) electrons. The molecule has 3 aromatic heterocycles. The highest BCUT2D eigenvalue weighted by Gasteiger charge is 2.46. The van der Waals surface area contributed by atoms with Gasteiger partial charge in [-0.2, -0.15) is 9.61 Å². The zero-order chi connectivity index (χ0) is 38.2. The van der Waals surface area contributed by atoms with Crippen molar-refractivity contribution in [1.82, 2.24) is 24.5 Å². The maximum absolute atomic E-state index is 13.3. The van der Waals surface area contributed by atoms with E-state index in [-0.39, 0.29) is 24.1 Å². The van der Waals surface area contributed by atoms with E-state index in [1.807, 2.05) is 48.5 Å². The van der Waals surface area contributed by atoms with Gasteiger partial charge in [0.2, 0.25) is 0 Å². The summed E-state index contributed by atoms with van der Waals surface area (Å²) in [6, 6.07) is 6.12. The van der Waals surface area contributed by atoms with Crippen LogP contribution in [-0.4, -0.2) is 96.2 Å². The highest BCUT2D eigenvalue weighted by atomic mass is 79.9. The van der Waals surface area contributed by atoms with E-state index in [0.29, 0.717) is 38.0 Å². The first kappa shape index (κ1) is 40.8. The van der Waals surface area contributed by atoms with Crippen molar-refractivity contribution in [1.29, 1.82) is 0 Å². The van der Waals surface area contributed by atoms with Crippen LogP contribution in [0.2, 0.25) is 51.4 Å². The molecule has 1 amide bonds. The molecular weight excluding hydrogens is 757 g/mol. The highest BCUT2D eigenvalue weighted by molar-refractivity contribution is 9.10. The predicted molar refractivity (Wildman–Crippen MR) is 216 cm³/mol. The molecule has 1 N–H and O–H groups in total. The fraction of sp³-hybridized carbons (Fsp3) is 0.684. The van der Waals surface area contributed by atoms with E-state index in [2.05, 4.69) is 65.1 Å². The Kier molecular flexibility index (Phi) is 12.4. The van der Waals surface area contributed by atoms with Gasteiger partial charge < -0.3 is 29.1 Å². The van der Waals surface area contributed by atoms with Gasteiger partial charge in [-0.15, -0.1) is 0 Å². The first-order valence-electron chi connectivity index (χ1n) is 18.8. The third kappa shape index (κ3) is 10.2. The molecule has 2 fully saturated rings. The summed E-state index contributed by atoms with van der Waals surface area (Å²) in [5.74, 6) is 0.936. The molecule has 3 atom stereocenters. The number of fused-ring (bicyclic) bond motifs is 3. The number of piperidine rings is 1. The Morgan fingerprint density at radius 2 is 1.52 bits per heavy atom. The number of carbonyl (C=O) groups excluding carboxylic acids is 1. The van der Waals surface area contributed by atoms with Crippen LogP contribution in [0.5, 0.6) is 0 Å². The molecule has 52 heavy (non-hydrogen) atoms. The maximum Gasteiger partial charge on any atom is 0.410 e. The van der Waals surface area contributed by atoms with Gasteiger partial charge in [-0.3, -0.25) is 4.98 Å². The maximum atomic E-state index is 13.3. The van der Waals surface area contributed by atoms with E-state index < -0.39 is 27.3 Å². The quantitative estimate of drug-likeness (QED) is 0.0969. The zero-order valence-corrected chi connectivity index (χ0v) is 36.8. The van der Waals surface area contributed by atoms with E-state index >= 15 is 0 Å². The van der Waals surface area contributed by atoms with Crippen molar-refractivity contribution in [2.24, 2.45) is 0 Å². The van der Waals surface area contributed by atoms with Crippen molar-refractivity contribution < 1.29 is 24.1 Å². The smallest absolute Gasteiger partial charge is 0.410 e.